The Morgan fingerprint density at radius 3 is 2.15 bits per heavy atom. The summed E-state index contributed by atoms with van der Waals surface area (Å²) in [7, 11) is 0. The fourth-order valence-corrected chi connectivity index (χ4v) is 2.99. The molecule has 1 aromatic heterocycles. The van der Waals surface area contributed by atoms with Crippen LogP contribution in [-0.2, 0) is 10.4 Å². The number of hydrogen-bond donors (Lipinski definition) is 1. The van der Waals surface area contributed by atoms with Crippen LogP contribution in [0, 0.1) is 18.2 Å². The highest BCUT2D eigenvalue weighted by Crippen LogP contribution is 2.29. The van der Waals surface area contributed by atoms with Gasteiger partial charge in [-0.3, -0.25) is 4.79 Å². The molecule has 0 fully saturated rings. The van der Waals surface area contributed by atoms with Gasteiger partial charge >= 0.3 is 0 Å². The zero-order valence-corrected chi connectivity index (χ0v) is 18.3. The molecule has 0 unspecified atom stereocenters. The van der Waals surface area contributed by atoms with Gasteiger partial charge < -0.3 is 9.67 Å². The van der Waals surface area contributed by atoms with Gasteiger partial charge in [0.2, 0.25) is 0 Å². The van der Waals surface area contributed by atoms with Crippen LogP contribution >= 0.6 is 0 Å². The van der Waals surface area contributed by atoms with Crippen molar-refractivity contribution in [3.05, 3.63) is 29.3 Å². The molecule has 0 saturated heterocycles. The Morgan fingerprint density at radius 1 is 1.22 bits per heavy atom. The van der Waals surface area contributed by atoms with Gasteiger partial charge in [-0.05, 0) is 57.7 Å². The lowest BCUT2D eigenvalue weighted by atomic mass is 9.89. The molecule has 0 spiro atoms. The summed E-state index contributed by atoms with van der Waals surface area (Å²) in [6.45, 7) is 17.4. The molecule has 152 valence electrons. The van der Waals surface area contributed by atoms with E-state index in [0.717, 1.165) is 11.3 Å². The minimum Gasteiger partial charge on any atom is -0.386 e. The zero-order valence-electron chi connectivity index (χ0n) is 18.3. The van der Waals surface area contributed by atoms with E-state index in [2.05, 4.69) is 25.8 Å². The Labute approximate surface area is 162 Å². The largest absolute Gasteiger partial charge is 0.386 e. The first-order valence-electron chi connectivity index (χ1n) is 9.60. The second-order valence-electron chi connectivity index (χ2n) is 9.14. The van der Waals surface area contributed by atoms with Crippen LogP contribution in [0.2, 0.25) is 0 Å². The molecule has 0 aliphatic carbocycles. The van der Waals surface area contributed by atoms with Gasteiger partial charge in [-0.1, -0.05) is 27.7 Å². The summed E-state index contributed by atoms with van der Waals surface area (Å²) < 4.78 is 16.0. The van der Waals surface area contributed by atoms with Crippen LogP contribution in [0.1, 0.15) is 85.7 Å². The number of carbonyl (C=O) groups excluding carboxylic acids is 1. The van der Waals surface area contributed by atoms with Crippen molar-refractivity contribution in [2.45, 2.75) is 86.8 Å². The fraction of sp³-hybridized carbons (Fsp3) is 0.636. The first-order chi connectivity index (χ1) is 12.2. The first-order valence-corrected chi connectivity index (χ1v) is 9.60. The van der Waals surface area contributed by atoms with Crippen LogP contribution in [0.25, 0.3) is 11.0 Å². The van der Waals surface area contributed by atoms with Gasteiger partial charge in [0, 0.05) is 18.9 Å². The third kappa shape index (κ3) is 6.42. The molecule has 0 bridgehead atoms. The summed E-state index contributed by atoms with van der Waals surface area (Å²) >= 11 is 0. The third-order valence-electron chi connectivity index (χ3n) is 4.27. The Balaban J connectivity index is 0.000000345. The quantitative estimate of drug-likeness (QED) is 0.743. The van der Waals surface area contributed by atoms with Gasteiger partial charge in [-0.25, -0.2) is 9.37 Å². The maximum atomic E-state index is 14.0. The van der Waals surface area contributed by atoms with E-state index in [1.807, 2.05) is 38.3 Å². The maximum absolute atomic E-state index is 14.0. The molecular formula is C22H35FN2O2. The van der Waals surface area contributed by atoms with Gasteiger partial charge in [0.1, 0.15) is 17.1 Å². The van der Waals surface area contributed by atoms with Crippen molar-refractivity contribution < 1.29 is 14.3 Å². The van der Waals surface area contributed by atoms with E-state index in [1.165, 1.54) is 6.07 Å². The third-order valence-corrected chi connectivity index (χ3v) is 4.27. The van der Waals surface area contributed by atoms with Crippen LogP contribution in [0.3, 0.4) is 0 Å². The number of nitrogens with zero attached hydrogens (tertiary/aromatic N) is 2. The van der Waals surface area contributed by atoms with E-state index in [1.54, 1.807) is 13.8 Å². The van der Waals surface area contributed by atoms with Gasteiger partial charge in [0.05, 0.1) is 11.1 Å². The van der Waals surface area contributed by atoms with E-state index in [0.29, 0.717) is 29.7 Å². The number of aliphatic hydroxyl groups is 1. The number of hydrogen-bond acceptors (Lipinski definition) is 3. The van der Waals surface area contributed by atoms with E-state index in [-0.39, 0.29) is 17.3 Å². The molecule has 0 radical (unpaired) electrons. The Morgan fingerprint density at radius 2 is 1.78 bits per heavy atom. The molecule has 1 N–H and O–H groups in total. The number of aromatic nitrogens is 2. The van der Waals surface area contributed by atoms with Crippen LogP contribution in [0.15, 0.2) is 12.1 Å². The van der Waals surface area contributed by atoms with Gasteiger partial charge in [-0.15, -0.1) is 0 Å². The summed E-state index contributed by atoms with van der Waals surface area (Å²) in [4.78, 5) is 15.1. The average Bonchev–Trinajstić information content (AvgIpc) is 2.82. The summed E-state index contributed by atoms with van der Waals surface area (Å²) in [6.07, 6.45) is 1.39. The summed E-state index contributed by atoms with van der Waals surface area (Å²) in [5, 5.41) is 10.0. The minimum absolute atomic E-state index is 0.174. The van der Waals surface area contributed by atoms with E-state index < -0.39 is 5.60 Å². The van der Waals surface area contributed by atoms with Crippen molar-refractivity contribution in [1.82, 2.24) is 9.55 Å². The molecule has 0 aliphatic rings. The highest BCUT2D eigenvalue weighted by Gasteiger charge is 2.21. The molecular weight excluding hydrogens is 343 g/mol. The molecule has 0 saturated carbocycles. The van der Waals surface area contributed by atoms with Gasteiger partial charge in [-0.2, -0.15) is 0 Å². The number of rotatable bonds is 4. The standard InChI is InChI=1S/C14H19FN2O.C8H16O/c1-8(2)17-9(3)16-13-11(15)6-10(7-12(13)17)14(4,5)18;1-5-7(9)6-8(2,3)4/h6-8,18H,1-5H3;5-6H2,1-4H3. The molecule has 0 atom stereocenters. The molecule has 1 aromatic carbocycles. The Kier molecular flexibility index (Phi) is 7.34. The van der Waals surface area contributed by atoms with Crippen molar-refractivity contribution in [2.75, 3.05) is 0 Å². The SMILES string of the molecule is CCC(=O)CC(C)(C)C.Cc1nc2c(F)cc(C(C)(C)O)cc2n1C(C)C. The average molecular weight is 379 g/mol. The smallest absolute Gasteiger partial charge is 0.151 e. The number of benzene rings is 1. The number of halogens is 1. The second kappa shape index (κ2) is 8.51. The zero-order chi connectivity index (χ0) is 21.2. The Bertz CT molecular complexity index is 793. The molecule has 1 heterocycles. The minimum atomic E-state index is -1.06. The number of fused-ring (bicyclic) bond motifs is 1. The molecule has 5 heteroatoms. The molecule has 4 nitrogen and oxygen atoms in total. The lowest BCUT2D eigenvalue weighted by molar-refractivity contribution is -0.120. The van der Waals surface area contributed by atoms with Crippen molar-refractivity contribution in [2.24, 2.45) is 5.41 Å². The summed E-state index contributed by atoms with van der Waals surface area (Å²) in [6, 6.07) is 3.38. The van der Waals surface area contributed by atoms with Crippen LogP contribution in [0.5, 0.6) is 0 Å². The van der Waals surface area contributed by atoms with Crippen LogP contribution < -0.4 is 0 Å². The molecule has 2 aromatic rings. The van der Waals surface area contributed by atoms with Crippen LogP contribution in [0.4, 0.5) is 4.39 Å². The van der Waals surface area contributed by atoms with Crippen molar-refractivity contribution >= 4 is 16.8 Å². The first kappa shape index (κ1) is 23.3. The van der Waals surface area contributed by atoms with Crippen molar-refractivity contribution in [1.29, 1.82) is 0 Å². The van der Waals surface area contributed by atoms with E-state index in [4.69, 9.17) is 0 Å². The number of aryl methyl sites for hydroxylation is 1. The monoisotopic (exact) mass is 378 g/mol. The Hall–Kier alpha value is -1.75. The van der Waals surface area contributed by atoms with E-state index >= 15 is 0 Å². The van der Waals surface area contributed by atoms with E-state index in [9.17, 15) is 14.3 Å². The van der Waals surface area contributed by atoms with Gasteiger partial charge in [0.25, 0.3) is 0 Å². The number of ketones is 1. The number of carbonyl (C=O) groups is 1. The molecule has 27 heavy (non-hydrogen) atoms. The highest BCUT2D eigenvalue weighted by molar-refractivity contribution is 5.78. The summed E-state index contributed by atoms with van der Waals surface area (Å²) in [5.74, 6) is 0.765. The topological polar surface area (TPSA) is 55.1 Å². The lowest BCUT2D eigenvalue weighted by Crippen LogP contribution is -2.16. The highest BCUT2D eigenvalue weighted by atomic mass is 19.1. The predicted molar refractivity (Wildman–Crippen MR) is 109 cm³/mol. The van der Waals surface area contributed by atoms with Crippen molar-refractivity contribution in [3.63, 3.8) is 0 Å². The second-order valence-corrected chi connectivity index (χ2v) is 9.14. The fourth-order valence-electron chi connectivity index (χ4n) is 2.99. The normalized spacial score (nSPS) is 12.3. The van der Waals surface area contributed by atoms with Crippen LogP contribution in [-0.4, -0.2) is 20.4 Å². The lowest BCUT2D eigenvalue weighted by Gasteiger charge is -2.19. The summed E-state index contributed by atoms with van der Waals surface area (Å²) in [5.41, 5.74) is 0.783. The van der Waals surface area contributed by atoms with Crippen molar-refractivity contribution in [3.8, 4) is 0 Å². The predicted octanol–water partition coefficient (Wildman–Crippen LogP) is 5.69. The molecule has 2 rings (SSSR count). The molecule has 0 aliphatic heterocycles. The maximum Gasteiger partial charge on any atom is 0.151 e. The number of Topliss-reactive ketones (excluding diaryl/α,β-unsaturated/α-hetero) is 1. The van der Waals surface area contributed by atoms with Gasteiger partial charge in [0.15, 0.2) is 5.82 Å². The number of imidazole rings is 1. The molecule has 0 amide bonds.